The zero-order valence-corrected chi connectivity index (χ0v) is 2.09. The summed E-state index contributed by atoms with van der Waals surface area (Å²) in [6, 6.07) is 0. The fourth-order valence-corrected chi connectivity index (χ4v) is 0. The molecule has 0 aliphatic rings. The van der Waals surface area contributed by atoms with E-state index in [1.807, 2.05) is 0 Å². The standard InChI is InChI=1S/BF4.Be.K.3H/c2-1(3,4)5;;;;;/q-1;;;;;. The van der Waals surface area contributed by atoms with E-state index in [-0.39, 0.29) is 61.5 Å². The summed E-state index contributed by atoms with van der Waals surface area (Å²) in [4.78, 5) is 0. The molecule has 0 saturated carbocycles. The van der Waals surface area contributed by atoms with Crippen LogP contribution in [0.1, 0.15) is 0 Å². The van der Waals surface area contributed by atoms with Gasteiger partial charge in [-0.1, -0.05) is 0 Å². The molecule has 0 saturated heterocycles. The molecule has 0 atom stereocenters. The third kappa shape index (κ3) is 93.8. The third-order valence-electron chi connectivity index (χ3n) is 0. The molecule has 0 aliphatic heterocycles. The normalized spacial score (nSPS) is 8.57. The second kappa shape index (κ2) is 5.72. The van der Waals surface area contributed by atoms with Crippen LogP contribution in [0.25, 0.3) is 0 Å². The van der Waals surface area contributed by atoms with Gasteiger partial charge in [0.05, 0.1) is 0 Å². The molecule has 0 unspecified atom stereocenters. The minimum absolute atomic E-state index is 0. The maximum atomic E-state index is 9.75. The van der Waals surface area contributed by atoms with Crippen LogP contribution in [0, 0.1) is 0 Å². The maximum absolute atomic E-state index is 9.75. The van der Waals surface area contributed by atoms with Crippen molar-refractivity contribution in [2.75, 3.05) is 0 Å². The van der Waals surface area contributed by atoms with Crippen molar-refractivity contribution in [3.05, 3.63) is 0 Å². The molecule has 0 spiro atoms. The average Bonchev–Trinajstić information content (AvgIpc) is 0.722. The summed E-state index contributed by atoms with van der Waals surface area (Å²) in [5, 5.41) is 0. The Morgan fingerprint density at radius 3 is 0.857 bits per heavy atom. The molecule has 7 heteroatoms. The van der Waals surface area contributed by atoms with Gasteiger partial charge in [-0.25, -0.2) is 0 Å². The minimum atomic E-state index is -6.00. The van der Waals surface area contributed by atoms with Crippen molar-refractivity contribution in [1.82, 2.24) is 0 Å². The predicted octanol–water partition coefficient (Wildman–Crippen LogP) is -0.265. The van der Waals surface area contributed by atoms with Crippen molar-refractivity contribution < 1.29 is 17.3 Å². The molecule has 0 rings (SSSR count). The van der Waals surface area contributed by atoms with Crippen molar-refractivity contribution >= 4 is 68.8 Å². The monoisotopic (exact) mass is 138 g/mol. The fourth-order valence-electron chi connectivity index (χ4n) is 0. The van der Waals surface area contributed by atoms with Gasteiger partial charge in [0.1, 0.15) is 0 Å². The Balaban J connectivity index is -0.0000000800. The zero-order valence-electron chi connectivity index (χ0n) is 2.09. The van der Waals surface area contributed by atoms with E-state index >= 15 is 0 Å². The van der Waals surface area contributed by atoms with Gasteiger partial charge in [-0.05, 0) is 0 Å². The quantitative estimate of drug-likeness (QED) is 0.319. The van der Waals surface area contributed by atoms with Gasteiger partial charge < -0.3 is 17.3 Å². The van der Waals surface area contributed by atoms with E-state index in [1.165, 1.54) is 0 Å². The molecular formula is H3BBeF4K-. The van der Waals surface area contributed by atoms with Gasteiger partial charge in [0, 0.05) is 0 Å². The molecule has 0 aromatic carbocycles. The van der Waals surface area contributed by atoms with Crippen molar-refractivity contribution in [3.8, 4) is 0 Å². The molecule has 0 radical (unpaired) electrons. The molecular weight excluding hydrogens is 135 g/mol. The summed E-state index contributed by atoms with van der Waals surface area (Å²) in [6.45, 7) is 0. The zero-order chi connectivity index (χ0) is 4.50. The van der Waals surface area contributed by atoms with Crippen LogP contribution in [0.15, 0.2) is 0 Å². The van der Waals surface area contributed by atoms with Crippen molar-refractivity contribution in [2.24, 2.45) is 0 Å². The van der Waals surface area contributed by atoms with Gasteiger partial charge in [-0.2, -0.15) is 0 Å². The van der Waals surface area contributed by atoms with Crippen LogP contribution in [0.3, 0.4) is 0 Å². The summed E-state index contributed by atoms with van der Waals surface area (Å²) < 4.78 is 39.0. The number of rotatable bonds is 0. The van der Waals surface area contributed by atoms with Crippen molar-refractivity contribution in [2.45, 2.75) is 0 Å². The first-order valence-electron chi connectivity index (χ1n) is 0.873. The van der Waals surface area contributed by atoms with E-state index in [1.54, 1.807) is 0 Å². The van der Waals surface area contributed by atoms with Crippen LogP contribution >= 0.6 is 0 Å². The molecule has 0 N–H and O–H groups in total. The third-order valence-corrected chi connectivity index (χ3v) is 0. The Morgan fingerprint density at radius 1 is 0.857 bits per heavy atom. The molecule has 38 valence electrons. The molecule has 0 amide bonds. The molecule has 0 fully saturated rings. The molecule has 0 nitrogen and oxygen atoms in total. The Bertz CT molecular complexity index is 27.2. The van der Waals surface area contributed by atoms with Crippen LogP contribution in [-0.4, -0.2) is 68.8 Å². The van der Waals surface area contributed by atoms with E-state index in [4.69, 9.17) is 0 Å². The second-order valence-corrected chi connectivity index (χ2v) is 0.495. The van der Waals surface area contributed by atoms with Gasteiger partial charge in [0.2, 0.25) is 0 Å². The number of hydrogen-bond donors (Lipinski definition) is 0. The van der Waals surface area contributed by atoms with Gasteiger partial charge >= 0.3 is 68.8 Å². The Labute approximate surface area is 84.8 Å². The van der Waals surface area contributed by atoms with Crippen LogP contribution in [0.5, 0.6) is 0 Å². The van der Waals surface area contributed by atoms with Gasteiger partial charge in [0.15, 0.2) is 0 Å². The van der Waals surface area contributed by atoms with E-state index in [0.717, 1.165) is 0 Å². The van der Waals surface area contributed by atoms with E-state index in [0.29, 0.717) is 0 Å². The SMILES string of the molecule is F[B-](F)(F)F.[BeH2].[KH]. The van der Waals surface area contributed by atoms with Crippen LogP contribution in [-0.2, 0) is 0 Å². The predicted molar refractivity (Wildman–Crippen MR) is 25.9 cm³/mol. The van der Waals surface area contributed by atoms with Gasteiger partial charge in [0.25, 0.3) is 0 Å². The molecule has 0 aliphatic carbocycles. The summed E-state index contributed by atoms with van der Waals surface area (Å²) >= 11 is 0. The molecule has 0 aromatic rings. The first-order valence-corrected chi connectivity index (χ1v) is 0.873. The second-order valence-electron chi connectivity index (χ2n) is 0.495. The number of hydrogen-bond acceptors (Lipinski definition) is 0. The number of halogens is 4. The first kappa shape index (κ1) is 15.8. The summed E-state index contributed by atoms with van der Waals surface area (Å²) in [5.41, 5.74) is 0. The first-order chi connectivity index (χ1) is 2.00. The van der Waals surface area contributed by atoms with Gasteiger partial charge in [-0.15, -0.1) is 0 Å². The molecule has 7 heavy (non-hydrogen) atoms. The van der Waals surface area contributed by atoms with Crippen LogP contribution < -0.4 is 0 Å². The van der Waals surface area contributed by atoms with Crippen LogP contribution in [0.4, 0.5) is 17.3 Å². The molecule has 0 bridgehead atoms. The Morgan fingerprint density at radius 2 is 0.857 bits per heavy atom. The topological polar surface area (TPSA) is 0 Å². The van der Waals surface area contributed by atoms with E-state index < -0.39 is 7.25 Å². The van der Waals surface area contributed by atoms with Crippen molar-refractivity contribution in [1.29, 1.82) is 0 Å². The molecule has 0 aromatic heterocycles. The van der Waals surface area contributed by atoms with E-state index in [9.17, 15) is 17.3 Å². The Hall–Kier alpha value is 1.59. The van der Waals surface area contributed by atoms with E-state index in [2.05, 4.69) is 0 Å². The van der Waals surface area contributed by atoms with Crippen LogP contribution in [0.2, 0.25) is 0 Å². The summed E-state index contributed by atoms with van der Waals surface area (Å²) in [6.07, 6.45) is 0. The van der Waals surface area contributed by atoms with Crippen molar-refractivity contribution in [3.63, 3.8) is 0 Å². The Kier molecular flexibility index (Phi) is 12.9. The van der Waals surface area contributed by atoms with Gasteiger partial charge in [-0.3, -0.25) is 0 Å². The molecule has 0 heterocycles. The summed E-state index contributed by atoms with van der Waals surface area (Å²) in [7, 11) is -6.00. The fraction of sp³-hybridized carbons (Fsp3) is 0. The summed E-state index contributed by atoms with van der Waals surface area (Å²) in [5.74, 6) is 0. The average molecular weight is 138 g/mol.